The van der Waals surface area contributed by atoms with Crippen LogP contribution in [0.4, 0.5) is 0 Å². The van der Waals surface area contributed by atoms with Gasteiger partial charge in [0.2, 0.25) is 0 Å². The van der Waals surface area contributed by atoms with Gasteiger partial charge in [-0.15, -0.1) is 0 Å². The van der Waals surface area contributed by atoms with E-state index in [-0.39, 0.29) is 6.23 Å². The van der Waals surface area contributed by atoms with Gasteiger partial charge in [-0.2, -0.15) is 5.10 Å². The smallest absolute Gasteiger partial charge is 0.150 e. The molecule has 2 aromatic rings. The number of unbranched alkanes of at least 4 members (excludes halogenated alkanes) is 1. The minimum Gasteiger partial charge on any atom is -0.494 e. The Morgan fingerprint density at radius 2 is 2.09 bits per heavy atom. The van der Waals surface area contributed by atoms with E-state index < -0.39 is 0 Å². The van der Waals surface area contributed by atoms with Gasteiger partial charge in [0.05, 0.1) is 6.61 Å². The highest BCUT2D eigenvalue weighted by atomic mass is 16.5. The molecule has 0 amide bonds. The molecule has 0 N–H and O–H groups in total. The number of ether oxygens (including phenoxy) is 2. The van der Waals surface area contributed by atoms with E-state index in [9.17, 15) is 0 Å². The molecular weight excluding hydrogens is 288 g/mol. The third kappa shape index (κ3) is 4.35. The molecule has 1 aromatic carbocycles. The lowest BCUT2D eigenvalue weighted by Crippen LogP contribution is -2.21. The van der Waals surface area contributed by atoms with Crippen molar-refractivity contribution in [1.29, 1.82) is 0 Å². The monoisotopic (exact) mass is 314 g/mol. The van der Waals surface area contributed by atoms with E-state index in [4.69, 9.17) is 9.47 Å². The van der Waals surface area contributed by atoms with Crippen LogP contribution in [0.3, 0.4) is 0 Å². The van der Waals surface area contributed by atoms with Gasteiger partial charge < -0.3 is 9.47 Å². The normalized spacial score (nSPS) is 18.0. The third-order valence-corrected chi connectivity index (χ3v) is 4.26. The Bertz CT molecular complexity index is 586. The summed E-state index contributed by atoms with van der Waals surface area (Å²) >= 11 is 0. The standard InChI is InChI=1S/C19H26N2O2/c1-2-3-13-22-18-9-7-16(8-10-18)15-17-11-12-20-21(17)19-6-4-5-14-23-19/h7-12,19H,2-6,13-15H2,1H3. The van der Waals surface area contributed by atoms with Crippen LogP contribution in [0.15, 0.2) is 36.5 Å². The fraction of sp³-hybridized carbons (Fsp3) is 0.526. The Morgan fingerprint density at radius 1 is 1.22 bits per heavy atom. The van der Waals surface area contributed by atoms with Crippen LogP contribution in [0.2, 0.25) is 0 Å². The van der Waals surface area contributed by atoms with Crippen LogP contribution in [0, 0.1) is 0 Å². The molecule has 1 aliphatic heterocycles. The lowest BCUT2D eigenvalue weighted by atomic mass is 10.1. The second-order valence-electron chi connectivity index (χ2n) is 6.11. The zero-order chi connectivity index (χ0) is 15.9. The molecular formula is C19H26N2O2. The Hall–Kier alpha value is -1.81. The number of aromatic nitrogens is 2. The predicted molar refractivity (Wildman–Crippen MR) is 90.7 cm³/mol. The Balaban J connectivity index is 1.62. The summed E-state index contributed by atoms with van der Waals surface area (Å²) in [6, 6.07) is 10.5. The molecule has 1 aliphatic rings. The fourth-order valence-electron chi connectivity index (χ4n) is 2.90. The van der Waals surface area contributed by atoms with Crippen LogP contribution in [0.25, 0.3) is 0 Å². The van der Waals surface area contributed by atoms with Gasteiger partial charge in [-0.25, -0.2) is 4.68 Å². The molecule has 0 radical (unpaired) electrons. The van der Waals surface area contributed by atoms with Crippen molar-refractivity contribution in [2.75, 3.05) is 13.2 Å². The summed E-state index contributed by atoms with van der Waals surface area (Å²) in [5.74, 6) is 0.950. The quantitative estimate of drug-likeness (QED) is 0.713. The third-order valence-electron chi connectivity index (χ3n) is 4.26. The summed E-state index contributed by atoms with van der Waals surface area (Å²) < 4.78 is 13.6. The second kappa shape index (κ2) is 8.16. The van der Waals surface area contributed by atoms with Crippen molar-refractivity contribution in [2.45, 2.75) is 51.7 Å². The van der Waals surface area contributed by atoms with Crippen LogP contribution < -0.4 is 4.74 Å². The summed E-state index contributed by atoms with van der Waals surface area (Å²) in [4.78, 5) is 0. The van der Waals surface area contributed by atoms with Crippen molar-refractivity contribution in [3.8, 4) is 5.75 Å². The van der Waals surface area contributed by atoms with Gasteiger partial charge in [0, 0.05) is 24.9 Å². The van der Waals surface area contributed by atoms with Crippen molar-refractivity contribution in [1.82, 2.24) is 9.78 Å². The van der Waals surface area contributed by atoms with Crippen LogP contribution in [0.5, 0.6) is 5.75 Å². The number of benzene rings is 1. The van der Waals surface area contributed by atoms with Crippen molar-refractivity contribution in [3.05, 3.63) is 47.8 Å². The predicted octanol–water partition coefficient (Wildman–Crippen LogP) is 4.35. The molecule has 0 bridgehead atoms. The molecule has 4 nitrogen and oxygen atoms in total. The van der Waals surface area contributed by atoms with Gasteiger partial charge >= 0.3 is 0 Å². The van der Waals surface area contributed by atoms with Crippen molar-refractivity contribution in [3.63, 3.8) is 0 Å². The zero-order valence-electron chi connectivity index (χ0n) is 13.9. The van der Waals surface area contributed by atoms with E-state index in [1.54, 1.807) is 0 Å². The molecule has 1 unspecified atom stereocenters. The molecule has 0 saturated carbocycles. The van der Waals surface area contributed by atoms with E-state index in [0.717, 1.165) is 51.1 Å². The number of hydrogen-bond donors (Lipinski definition) is 0. The van der Waals surface area contributed by atoms with Crippen LogP contribution in [-0.4, -0.2) is 23.0 Å². The lowest BCUT2D eigenvalue weighted by molar-refractivity contribution is -0.0409. The Kier molecular flexibility index (Phi) is 5.70. The van der Waals surface area contributed by atoms with Gasteiger partial charge in [0.15, 0.2) is 0 Å². The van der Waals surface area contributed by atoms with Crippen molar-refractivity contribution >= 4 is 0 Å². The molecule has 124 valence electrons. The molecule has 4 heteroatoms. The maximum Gasteiger partial charge on any atom is 0.150 e. The van der Waals surface area contributed by atoms with E-state index in [1.807, 2.05) is 10.9 Å². The minimum atomic E-state index is 0.102. The van der Waals surface area contributed by atoms with Gasteiger partial charge in [-0.3, -0.25) is 0 Å². The maximum absolute atomic E-state index is 5.86. The molecule has 1 saturated heterocycles. The first-order chi connectivity index (χ1) is 11.4. The van der Waals surface area contributed by atoms with Gasteiger partial charge in [-0.05, 0) is 49.4 Å². The van der Waals surface area contributed by atoms with Gasteiger partial charge in [0.1, 0.15) is 12.0 Å². The Labute approximate surface area is 138 Å². The van der Waals surface area contributed by atoms with E-state index in [0.29, 0.717) is 0 Å². The average Bonchev–Trinajstić information content (AvgIpc) is 3.06. The van der Waals surface area contributed by atoms with E-state index >= 15 is 0 Å². The summed E-state index contributed by atoms with van der Waals surface area (Å²) in [6.45, 7) is 3.81. The number of nitrogens with zero attached hydrogens (tertiary/aromatic N) is 2. The van der Waals surface area contributed by atoms with Crippen molar-refractivity contribution in [2.24, 2.45) is 0 Å². The first kappa shape index (κ1) is 16.1. The summed E-state index contributed by atoms with van der Waals surface area (Å²) in [7, 11) is 0. The van der Waals surface area contributed by atoms with Gasteiger partial charge in [0.25, 0.3) is 0 Å². The van der Waals surface area contributed by atoms with Crippen LogP contribution >= 0.6 is 0 Å². The van der Waals surface area contributed by atoms with E-state index in [2.05, 4.69) is 42.4 Å². The zero-order valence-corrected chi connectivity index (χ0v) is 13.9. The first-order valence-corrected chi connectivity index (χ1v) is 8.72. The SMILES string of the molecule is CCCCOc1ccc(Cc2ccnn2C2CCCCO2)cc1. The minimum absolute atomic E-state index is 0.102. The summed E-state index contributed by atoms with van der Waals surface area (Å²) in [5.41, 5.74) is 2.47. The highest BCUT2D eigenvalue weighted by molar-refractivity contribution is 5.29. The molecule has 0 aliphatic carbocycles. The maximum atomic E-state index is 5.86. The number of hydrogen-bond acceptors (Lipinski definition) is 3. The molecule has 3 rings (SSSR count). The van der Waals surface area contributed by atoms with Crippen molar-refractivity contribution < 1.29 is 9.47 Å². The second-order valence-corrected chi connectivity index (χ2v) is 6.11. The molecule has 2 heterocycles. The molecule has 1 fully saturated rings. The average molecular weight is 314 g/mol. The lowest BCUT2D eigenvalue weighted by Gasteiger charge is -2.24. The highest BCUT2D eigenvalue weighted by Crippen LogP contribution is 2.24. The van der Waals surface area contributed by atoms with Crippen LogP contribution in [0.1, 0.15) is 56.5 Å². The summed E-state index contributed by atoms with van der Waals surface area (Å²) in [6.07, 6.45) is 8.53. The topological polar surface area (TPSA) is 36.3 Å². The largest absolute Gasteiger partial charge is 0.494 e. The molecule has 0 spiro atoms. The van der Waals surface area contributed by atoms with Crippen LogP contribution in [-0.2, 0) is 11.2 Å². The number of rotatable bonds is 7. The molecule has 1 aromatic heterocycles. The summed E-state index contributed by atoms with van der Waals surface area (Å²) in [5, 5.41) is 4.47. The molecule has 1 atom stereocenters. The highest BCUT2D eigenvalue weighted by Gasteiger charge is 2.18. The fourth-order valence-corrected chi connectivity index (χ4v) is 2.90. The van der Waals surface area contributed by atoms with E-state index in [1.165, 1.54) is 17.7 Å². The molecule has 23 heavy (non-hydrogen) atoms. The Morgan fingerprint density at radius 3 is 2.83 bits per heavy atom. The van der Waals surface area contributed by atoms with Gasteiger partial charge in [-0.1, -0.05) is 25.5 Å². The first-order valence-electron chi connectivity index (χ1n) is 8.72.